The van der Waals surface area contributed by atoms with E-state index >= 15 is 0 Å². The van der Waals surface area contributed by atoms with Crippen LogP contribution in [-0.4, -0.2) is 181 Å². The first kappa shape index (κ1) is 72.8. The summed E-state index contributed by atoms with van der Waals surface area (Å²) in [6.45, 7) is 15.4. The second kappa shape index (κ2) is 40.8. The Kier molecular flexibility index (Phi) is 35.3. The van der Waals surface area contributed by atoms with Crippen LogP contribution in [0.25, 0.3) is 0 Å². The fourth-order valence-electron chi connectivity index (χ4n) is 6.15. The summed E-state index contributed by atoms with van der Waals surface area (Å²) in [4.78, 5) is 99.8. The van der Waals surface area contributed by atoms with Gasteiger partial charge in [-0.05, 0) is 75.4 Å². The standard InChI is InChI=1S/C23H27N3O8.C19H25NO8.C13H20N2O4S3/c1-13(2)22(32)34-18(17(28)12-27)8-9-33-20(30)11-15-4-6-16(7-5-15)21(31)26-23-24-14(3)10-19(29)25-23;1-3-17(23)27-9-10-28-19(25)20-16-6-4-5-14(13(16)2)11-18(24)26-8-7-15(22)12-21;1-9(2)11(18)19-5-7-21-13-15-14-12(22-13)20-6-3-4-10(17)8-16/h4-7,10,17-18,27-28H,1,8-9,11-12H2,2-3H3,(H2,24,25,26,29,31);3-6,15,21-22H,1,7-12H2,2H3,(H,20,25);10,16-17H,1,3-8H2,2H3. The average molecular weight is 1230 g/mol. The van der Waals surface area contributed by atoms with Gasteiger partial charge in [-0.1, -0.05) is 78.9 Å². The van der Waals surface area contributed by atoms with Gasteiger partial charge in [0.15, 0.2) is 8.68 Å². The quantitative estimate of drug-likeness (QED) is 0.0108. The van der Waals surface area contributed by atoms with Gasteiger partial charge in [0.1, 0.15) is 32.0 Å². The van der Waals surface area contributed by atoms with Crippen molar-refractivity contribution >= 4 is 88.3 Å². The van der Waals surface area contributed by atoms with E-state index in [4.69, 9.17) is 39.0 Å². The normalized spacial score (nSPS) is 11.9. The van der Waals surface area contributed by atoms with E-state index in [9.17, 15) is 53.7 Å². The molecule has 0 aliphatic carbocycles. The second-order valence-electron chi connectivity index (χ2n) is 17.7. The smallest absolute Gasteiger partial charge is 0.411 e. The molecule has 4 rings (SSSR count). The SMILES string of the molecule is C=C(C)C(=O)OC(CCOC(=O)Cc1ccc(C(=O)Nc2nc(C)cc(=O)[nH]2)cc1)C(O)CO.C=C(C)C(=O)OCCSc1nnc(SCCCC(O)CO)s1.C=CC(=O)OCCOC(=O)Nc1cccc(CC(=O)OCCC(O)CO)c1C. The lowest BCUT2D eigenvalue weighted by Crippen LogP contribution is -2.35. The van der Waals surface area contributed by atoms with Crippen LogP contribution < -0.4 is 16.2 Å². The zero-order valence-electron chi connectivity index (χ0n) is 46.9. The third-order valence-corrected chi connectivity index (χ3v) is 13.9. The van der Waals surface area contributed by atoms with Crippen LogP contribution in [0, 0.1) is 13.8 Å². The number of carbonyl (C=O) groups excluding carboxylic acids is 7. The fourth-order valence-corrected chi connectivity index (χ4v) is 9.09. The number of H-pyrrole nitrogens is 1. The minimum atomic E-state index is -1.33. The van der Waals surface area contributed by atoms with Crippen molar-refractivity contribution in [3.63, 3.8) is 0 Å². The van der Waals surface area contributed by atoms with E-state index in [-0.39, 0.29) is 81.8 Å². The number of amides is 2. The maximum atomic E-state index is 12.3. The van der Waals surface area contributed by atoms with E-state index in [1.54, 1.807) is 62.9 Å². The molecule has 9 N–H and O–H groups in total. The highest BCUT2D eigenvalue weighted by molar-refractivity contribution is 8.03. The van der Waals surface area contributed by atoms with Crippen LogP contribution in [0.3, 0.4) is 0 Å². The summed E-state index contributed by atoms with van der Waals surface area (Å²) >= 11 is 4.57. The van der Waals surface area contributed by atoms with E-state index in [1.165, 1.54) is 48.2 Å². The summed E-state index contributed by atoms with van der Waals surface area (Å²) in [5.41, 5.74) is 3.27. The number of carbonyl (C=O) groups is 7. The molecule has 0 saturated heterocycles. The Labute approximate surface area is 497 Å². The topological polar surface area (TPSA) is 392 Å². The summed E-state index contributed by atoms with van der Waals surface area (Å²) in [6.07, 6.45) is -2.22. The maximum absolute atomic E-state index is 12.3. The van der Waals surface area contributed by atoms with Gasteiger partial charge in [0, 0.05) is 64.6 Å². The first-order valence-corrected chi connectivity index (χ1v) is 28.5. The number of aliphatic hydroxyl groups excluding tert-OH is 6. The molecule has 26 nitrogen and oxygen atoms in total. The number of aliphatic hydroxyl groups is 6. The van der Waals surface area contributed by atoms with Gasteiger partial charge < -0.3 is 59.1 Å². The fraction of sp³-hybridized carbons (Fsp3) is 0.436. The number of hydrogen-bond acceptors (Lipinski definition) is 26. The minimum absolute atomic E-state index is 0.000299. The summed E-state index contributed by atoms with van der Waals surface area (Å²) < 4.78 is 31.5. The number of esters is 5. The number of benzene rings is 2. The van der Waals surface area contributed by atoms with Gasteiger partial charge in [0.25, 0.3) is 11.5 Å². The lowest BCUT2D eigenvalue weighted by Gasteiger charge is -2.21. The van der Waals surface area contributed by atoms with Crippen LogP contribution in [0.4, 0.5) is 16.4 Å². The number of aromatic nitrogens is 4. The zero-order valence-corrected chi connectivity index (χ0v) is 49.4. The summed E-state index contributed by atoms with van der Waals surface area (Å²) in [5.74, 6) is -1.77. The Hall–Kier alpha value is -7.35. The van der Waals surface area contributed by atoms with Gasteiger partial charge in [0.05, 0.1) is 58.1 Å². The van der Waals surface area contributed by atoms with Crippen LogP contribution in [0.15, 0.2) is 99.0 Å². The number of aromatic amines is 1. The van der Waals surface area contributed by atoms with Crippen molar-refractivity contribution in [2.75, 3.05) is 75.0 Å². The number of rotatable bonds is 33. The van der Waals surface area contributed by atoms with Gasteiger partial charge >= 0.3 is 35.9 Å². The summed E-state index contributed by atoms with van der Waals surface area (Å²) in [5, 5.41) is 68.0. The predicted molar refractivity (Wildman–Crippen MR) is 310 cm³/mol. The summed E-state index contributed by atoms with van der Waals surface area (Å²) in [7, 11) is 0. The number of thioether (sulfide) groups is 2. The highest BCUT2D eigenvalue weighted by Gasteiger charge is 2.24. The van der Waals surface area contributed by atoms with Gasteiger partial charge in [-0.3, -0.25) is 34.8 Å². The van der Waals surface area contributed by atoms with Crippen molar-refractivity contribution in [2.24, 2.45) is 0 Å². The van der Waals surface area contributed by atoms with Gasteiger partial charge in [-0.25, -0.2) is 24.2 Å². The Balaban J connectivity index is 0.000000441. The highest BCUT2D eigenvalue weighted by Crippen LogP contribution is 2.29. The van der Waals surface area contributed by atoms with E-state index in [0.717, 1.165) is 26.9 Å². The van der Waals surface area contributed by atoms with Crippen LogP contribution >= 0.6 is 34.9 Å². The molecular weight excluding hydrogens is 1160 g/mol. The molecule has 84 heavy (non-hydrogen) atoms. The molecule has 0 spiro atoms. The number of nitrogens with zero attached hydrogens (tertiary/aromatic N) is 3. The molecule has 4 atom stereocenters. The molecule has 2 amide bonds. The lowest BCUT2D eigenvalue weighted by atomic mass is 10.0. The molecule has 0 fully saturated rings. The monoisotopic (exact) mass is 1230 g/mol. The predicted octanol–water partition coefficient (Wildman–Crippen LogP) is 3.72. The van der Waals surface area contributed by atoms with Crippen molar-refractivity contribution in [1.29, 1.82) is 0 Å². The zero-order chi connectivity index (χ0) is 62.6. The molecule has 2 aromatic carbocycles. The summed E-state index contributed by atoms with van der Waals surface area (Å²) in [6, 6.07) is 12.5. The third-order valence-electron chi connectivity index (χ3n) is 10.6. The molecule has 0 aliphatic rings. The largest absolute Gasteiger partial charge is 0.465 e. The van der Waals surface area contributed by atoms with Crippen molar-refractivity contribution in [2.45, 2.75) is 99.3 Å². The second-order valence-corrected chi connectivity index (χ2v) is 21.4. The first-order valence-electron chi connectivity index (χ1n) is 25.7. The number of ether oxygens (including phenoxy) is 6. The number of nitrogens with one attached hydrogen (secondary N) is 3. The van der Waals surface area contributed by atoms with Crippen molar-refractivity contribution < 1.29 is 92.6 Å². The van der Waals surface area contributed by atoms with Crippen LogP contribution in [-0.2, 0) is 65.2 Å². The molecule has 2 aromatic heterocycles. The molecule has 0 bridgehead atoms. The van der Waals surface area contributed by atoms with E-state index in [1.807, 2.05) is 0 Å². The van der Waals surface area contributed by atoms with Gasteiger partial charge in [-0.15, -0.1) is 10.2 Å². The molecular formula is C55H72N6O20S3. The Morgan fingerprint density at radius 2 is 1.32 bits per heavy atom. The van der Waals surface area contributed by atoms with E-state index in [0.29, 0.717) is 58.0 Å². The van der Waals surface area contributed by atoms with Crippen LogP contribution in [0.5, 0.6) is 0 Å². The Bertz CT molecular complexity index is 2850. The van der Waals surface area contributed by atoms with Crippen molar-refractivity contribution in [3.8, 4) is 0 Å². The van der Waals surface area contributed by atoms with Gasteiger partial charge in [0.2, 0.25) is 5.95 Å². The van der Waals surface area contributed by atoms with Gasteiger partial charge in [-0.2, -0.15) is 0 Å². The molecule has 0 saturated carbocycles. The number of hydrogen-bond donors (Lipinski definition) is 9. The number of aryl methyl sites for hydroxylation is 1. The molecule has 2 heterocycles. The minimum Gasteiger partial charge on any atom is -0.465 e. The first-order chi connectivity index (χ1) is 40.0. The van der Waals surface area contributed by atoms with Crippen molar-refractivity contribution in [1.82, 2.24) is 20.2 Å². The molecule has 0 aliphatic heterocycles. The van der Waals surface area contributed by atoms with Crippen LogP contribution in [0.1, 0.15) is 72.3 Å². The molecule has 0 radical (unpaired) electrons. The molecule has 4 aromatic rings. The molecule has 29 heteroatoms. The highest BCUT2D eigenvalue weighted by atomic mass is 32.2. The average Bonchev–Trinajstić information content (AvgIpc) is 4.09. The molecule has 460 valence electrons. The Morgan fingerprint density at radius 3 is 1.93 bits per heavy atom. The maximum Gasteiger partial charge on any atom is 0.411 e. The van der Waals surface area contributed by atoms with E-state index < -0.39 is 73.5 Å². The van der Waals surface area contributed by atoms with E-state index in [2.05, 4.69) is 55.3 Å². The van der Waals surface area contributed by atoms with Crippen LogP contribution in [0.2, 0.25) is 0 Å². The number of anilines is 2. The van der Waals surface area contributed by atoms with Crippen molar-refractivity contribution in [3.05, 3.63) is 124 Å². The Morgan fingerprint density at radius 1 is 0.714 bits per heavy atom. The third kappa shape index (κ3) is 30.8. The lowest BCUT2D eigenvalue weighted by molar-refractivity contribution is -0.155. The molecule has 4 unspecified atom stereocenters.